The van der Waals surface area contributed by atoms with Crippen molar-refractivity contribution in [3.8, 4) is 0 Å². The highest BCUT2D eigenvalue weighted by Crippen LogP contribution is 2.19. The molecule has 440 valence electrons. The van der Waals surface area contributed by atoms with Crippen molar-refractivity contribution in [2.75, 3.05) is 13.2 Å². The molecule has 0 aromatic heterocycles. The number of esters is 1. The van der Waals surface area contributed by atoms with Gasteiger partial charge in [0.05, 0.1) is 25.4 Å². The number of hydrogen-bond donors (Lipinski definition) is 3. The fourth-order valence-electron chi connectivity index (χ4n) is 10.9. The molecule has 0 aromatic carbocycles. The maximum atomic E-state index is 12.5. The van der Waals surface area contributed by atoms with Gasteiger partial charge in [-0.2, -0.15) is 0 Å². The van der Waals surface area contributed by atoms with E-state index in [9.17, 15) is 19.8 Å². The summed E-state index contributed by atoms with van der Waals surface area (Å²) in [5, 5.41) is 23.3. The Bertz CT molecular complexity index is 1110. The second-order valence-electron chi connectivity index (χ2n) is 23.5. The highest BCUT2D eigenvalue weighted by atomic mass is 16.5. The van der Waals surface area contributed by atoms with Gasteiger partial charge in [0.25, 0.3) is 0 Å². The highest BCUT2D eigenvalue weighted by molar-refractivity contribution is 5.76. The molecular weight excluding hydrogens is 911 g/mol. The fourth-order valence-corrected chi connectivity index (χ4v) is 10.9. The molecule has 0 bridgehead atoms. The van der Waals surface area contributed by atoms with E-state index in [1.54, 1.807) is 0 Å². The second kappa shape index (κ2) is 64.1. The Hall–Kier alpha value is -1.40. The van der Waals surface area contributed by atoms with Crippen molar-refractivity contribution < 1.29 is 24.5 Å². The Morgan fingerprint density at radius 2 is 0.635 bits per heavy atom. The van der Waals surface area contributed by atoms with E-state index in [0.29, 0.717) is 25.9 Å². The van der Waals surface area contributed by atoms with Crippen LogP contribution in [0.25, 0.3) is 0 Å². The largest absolute Gasteiger partial charge is 0.466 e. The lowest BCUT2D eigenvalue weighted by Crippen LogP contribution is -2.45. The summed E-state index contributed by atoms with van der Waals surface area (Å²) in [7, 11) is 0. The van der Waals surface area contributed by atoms with Crippen LogP contribution >= 0.6 is 0 Å². The van der Waals surface area contributed by atoms with Gasteiger partial charge in [-0.3, -0.25) is 9.59 Å². The third kappa shape index (κ3) is 59.8. The van der Waals surface area contributed by atoms with Crippen molar-refractivity contribution in [1.29, 1.82) is 0 Å². The normalized spacial score (nSPS) is 12.5. The Labute approximate surface area is 463 Å². The number of nitrogens with one attached hydrogen (secondary N) is 1. The van der Waals surface area contributed by atoms with Gasteiger partial charge in [-0.1, -0.05) is 334 Å². The molecule has 2 unspecified atom stereocenters. The molecule has 3 N–H and O–H groups in total. The molecule has 6 heteroatoms. The monoisotopic (exact) mass is 1040 g/mol. The Morgan fingerprint density at radius 3 is 0.986 bits per heavy atom. The lowest BCUT2D eigenvalue weighted by atomic mass is 10.0. The Kier molecular flexibility index (Phi) is 62.9. The van der Waals surface area contributed by atoms with Gasteiger partial charge >= 0.3 is 5.97 Å². The molecular formula is C68H133NO5. The molecule has 0 aliphatic heterocycles. The molecule has 0 saturated heterocycles. The summed E-state index contributed by atoms with van der Waals surface area (Å²) in [6.07, 6.45) is 78.4. The standard InChI is InChI=1S/C68H133NO5/c1-3-5-7-9-11-13-15-40-44-48-52-56-60-66(71)65(64-70)69-67(72)61-57-53-49-45-41-38-36-34-32-30-28-26-24-22-20-18-17-19-21-23-25-27-29-31-33-35-37-39-43-47-51-55-59-63-74-68(73)62-58-54-50-46-42-16-14-12-10-8-6-4-2/h12,14,65-66,70-71H,3-11,13,15-64H2,1-2H3,(H,69,72)/b14-12-. The van der Waals surface area contributed by atoms with E-state index in [-0.39, 0.29) is 18.5 Å². The number of ether oxygens (including phenoxy) is 1. The van der Waals surface area contributed by atoms with Gasteiger partial charge < -0.3 is 20.3 Å². The zero-order valence-electron chi connectivity index (χ0n) is 50.4. The first-order valence-electron chi connectivity index (χ1n) is 33.9. The van der Waals surface area contributed by atoms with Crippen LogP contribution < -0.4 is 5.32 Å². The Morgan fingerprint density at radius 1 is 0.365 bits per heavy atom. The van der Waals surface area contributed by atoms with Crippen LogP contribution in [0.1, 0.15) is 386 Å². The third-order valence-electron chi connectivity index (χ3n) is 16.1. The van der Waals surface area contributed by atoms with E-state index in [1.165, 1.54) is 308 Å². The van der Waals surface area contributed by atoms with Crippen molar-refractivity contribution in [2.45, 2.75) is 398 Å². The summed E-state index contributed by atoms with van der Waals surface area (Å²) in [4.78, 5) is 24.5. The first kappa shape index (κ1) is 72.6. The molecule has 0 fully saturated rings. The molecule has 0 rings (SSSR count). The summed E-state index contributed by atoms with van der Waals surface area (Å²) in [6, 6.07) is -0.536. The lowest BCUT2D eigenvalue weighted by Gasteiger charge is -2.22. The predicted molar refractivity (Wildman–Crippen MR) is 324 cm³/mol. The number of rotatable bonds is 64. The molecule has 0 spiro atoms. The highest BCUT2D eigenvalue weighted by Gasteiger charge is 2.20. The van der Waals surface area contributed by atoms with Gasteiger partial charge in [0.1, 0.15) is 0 Å². The molecule has 0 heterocycles. The van der Waals surface area contributed by atoms with Crippen LogP contribution in [-0.2, 0) is 14.3 Å². The smallest absolute Gasteiger partial charge is 0.305 e. The van der Waals surface area contributed by atoms with Gasteiger partial charge in [0.2, 0.25) is 5.91 Å². The number of allylic oxidation sites excluding steroid dienone is 2. The van der Waals surface area contributed by atoms with E-state index >= 15 is 0 Å². The van der Waals surface area contributed by atoms with E-state index in [1.807, 2.05) is 0 Å². The number of aliphatic hydroxyl groups excluding tert-OH is 2. The minimum absolute atomic E-state index is 0.0121. The average Bonchev–Trinajstić information content (AvgIpc) is 3.40. The van der Waals surface area contributed by atoms with E-state index < -0.39 is 12.1 Å². The van der Waals surface area contributed by atoms with Gasteiger partial charge in [-0.15, -0.1) is 0 Å². The second-order valence-corrected chi connectivity index (χ2v) is 23.5. The first-order chi connectivity index (χ1) is 36.5. The first-order valence-corrected chi connectivity index (χ1v) is 33.9. The van der Waals surface area contributed by atoms with E-state index in [2.05, 4.69) is 31.3 Å². The molecule has 1 amide bonds. The van der Waals surface area contributed by atoms with Crippen molar-refractivity contribution in [3.05, 3.63) is 12.2 Å². The maximum absolute atomic E-state index is 12.5. The number of carbonyl (C=O) groups is 2. The quantitative estimate of drug-likeness (QED) is 0.0320. The number of amides is 1. The van der Waals surface area contributed by atoms with Crippen LogP contribution in [0, 0.1) is 0 Å². The maximum Gasteiger partial charge on any atom is 0.305 e. The number of carbonyl (C=O) groups excluding carboxylic acids is 2. The zero-order valence-corrected chi connectivity index (χ0v) is 50.4. The zero-order chi connectivity index (χ0) is 53.6. The van der Waals surface area contributed by atoms with Gasteiger partial charge in [-0.25, -0.2) is 0 Å². The summed E-state index contributed by atoms with van der Waals surface area (Å²) >= 11 is 0. The summed E-state index contributed by atoms with van der Waals surface area (Å²) < 4.78 is 5.48. The topological polar surface area (TPSA) is 95.9 Å². The van der Waals surface area contributed by atoms with Crippen LogP contribution in [0.4, 0.5) is 0 Å². The van der Waals surface area contributed by atoms with Crippen LogP contribution in [0.2, 0.25) is 0 Å². The summed E-state index contributed by atoms with van der Waals surface area (Å²) in [6.45, 7) is 4.95. The molecule has 74 heavy (non-hydrogen) atoms. The fraction of sp³-hybridized carbons (Fsp3) is 0.941. The summed E-state index contributed by atoms with van der Waals surface area (Å²) in [5.41, 5.74) is 0. The van der Waals surface area contributed by atoms with Crippen molar-refractivity contribution in [2.24, 2.45) is 0 Å². The van der Waals surface area contributed by atoms with Gasteiger partial charge in [-0.05, 0) is 51.4 Å². The van der Waals surface area contributed by atoms with E-state index in [4.69, 9.17) is 4.74 Å². The van der Waals surface area contributed by atoms with E-state index in [0.717, 1.165) is 44.9 Å². The van der Waals surface area contributed by atoms with Crippen molar-refractivity contribution >= 4 is 11.9 Å². The molecule has 0 saturated carbocycles. The van der Waals surface area contributed by atoms with Crippen molar-refractivity contribution in [3.63, 3.8) is 0 Å². The molecule has 0 aliphatic rings. The van der Waals surface area contributed by atoms with Crippen molar-refractivity contribution in [1.82, 2.24) is 5.32 Å². The number of aliphatic hydroxyl groups is 2. The predicted octanol–water partition coefficient (Wildman–Crippen LogP) is 21.6. The van der Waals surface area contributed by atoms with Gasteiger partial charge in [0, 0.05) is 12.8 Å². The third-order valence-corrected chi connectivity index (χ3v) is 16.1. The number of unbranched alkanes of at least 4 members (excludes halogenated alkanes) is 51. The minimum Gasteiger partial charge on any atom is -0.466 e. The SMILES string of the molecule is CCCCC/C=C\CCCCCCCC(=O)OCCCCCCCCCCCCCCCCCCCCCCCCCCCCCCCCCCCC(=O)NC(CO)C(O)CCCCCCCCCCCCCC. The van der Waals surface area contributed by atoms with Crippen LogP contribution in [0.3, 0.4) is 0 Å². The molecule has 0 aliphatic carbocycles. The van der Waals surface area contributed by atoms with Gasteiger partial charge in [0.15, 0.2) is 0 Å². The summed E-state index contributed by atoms with van der Waals surface area (Å²) in [5.74, 6) is -0.0163. The Balaban J connectivity index is 3.29. The van der Waals surface area contributed by atoms with Crippen LogP contribution in [0.5, 0.6) is 0 Å². The number of hydrogen-bond acceptors (Lipinski definition) is 5. The molecule has 2 atom stereocenters. The van der Waals surface area contributed by atoms with Crippen LogP contribution in [-0.4, -0.2) is 47.4 Å². The molecule has 6 nitrogen and oxygen atoms in total. The van der Waals surface area contributed by atoms with Crippen LogP contribution in [0.15, 0.2) is 12.2 Å². The minimum atomic E-state index is -0.659. The molecule has 0 aromatic rings. The average molecular weight is 1040 g/mol. The lowest BCUT2D eigenvalue weighted by molar-refractivity contribution is -0.143. The molecule has 0 radical (unpaired) electrons.